The van der Waals surface area contributed by atoms with Crippen LogP contribution in [0.5, 0.6) is 0 Å². The van der Waals surface area contributed by atoms with E-state index in [-0.39, 0.29) is 0 Å². The number of piperidine rings is 1. The Morgan fingerprint density at radius 1 is 1.27 bits per heavy atom. The molecule has 1 atom stereocenters. The first-order valence-electron chi connectivity index (χ1n) is 5.87. The Hall–Kier alpha value is -1.02. The molecule has 1 fully saturated rings. The van der Waals surface area contributed by atoms with Crippen molar-refractivity contribution in [2.45, 2.75) is 32.2 Å². The highest BCUT2D eigenvalue weighted by molar-refractivity contribution is 5.37. The van der Waals surface area contributed by atoms with Crippen LogP contribution in [0.3, 0.4) is 0 Å². The van der Waals surface area contributed by atoms with Crippen molar-refractivity contribution in [3.8, 4) is 0 Å². The van der Waals surface area contributed by atoms with Gasteiger partial charge in [0.2, 0.25) is 0 Å². The molecule has 0 aromatic heterocycles. The van der Waals surface area contributed by atoms with E-state index in [1.807, 2.05) is 12.1 Å². The Morgan fingerprint density at radius 2 is 2.00 bits per heavy atom. The van der Waals surface area contributed by atoms with Crippen LogP contribution in [0, 0.1) is 0 Å². The molecule has 1 heterocycles. The lowest BCUT2D eigenvalue weighted by Gasteiger charge is -2.35. The molecule has 1 aliphatic rings. The molecule has 0 spiro atoms. The molecule has 81 valence electrons. The second-order valence-electron chi connectivity index (χ2n) is 4.26. The van der Waals surface area contributed by atoms with Crippen LogP contribution in [-0.2, 0) is 0 Å². The molecule has 2 nitrogen and oxygen atoms in total. The van der Waals surface area contributed by atoms with Gasteiger partial charge in [-0.1, -0.05) is 25.5 Å². The Labute approximate surface area is 92.1 Å². The van der Waals surface area contributed by atoms with E-state index in [0.29, 0.717) is 11.7 Å². The molecule has 0 bridgehead atoms. The van der Waals surface area contributed by atoms with E-state index in [1.165, 1.54) is 31.4 Å². The smallest absolute Gasteiger partial charge is 0.0540 e. The number of nitrogens with zero attached hydrogens (tertiary/aromatic N) is 1. The molecule has 1 aliphatic heterocycles. The van der Waals surface area contributed by atoms with Crippen LogP contribution in [-0.4, -0.2) is 18.0 Å². The van der Waals surface area contributed by atoms with Gasteiger partial charge in [-0.3, -0.25) is 4.90 Å². The zero-order valence-corrected chi connectivity index (χ0v) is 9.37. The molecule has 2 rings (SSSR count). The summed E-state index contributed by atoms with van der Waals surface area (Å²) >= 11 is 0. The first kappa shape index (κ1) is 10.5. The second kappa shape index (κ2) is 4.67. The number of benzene rings is 1. The third kappa shape index (κ3) is 2.32. The number of hydrogen-bond acceptors (Lipinski definition) is 1. The molecule has 15 heavy (non-hydrogen) atoms. The molecule has 1 N–H and O–H groups in total. The fourth-order valence-corrected chi connectivity index (χ4v) is 2.45. The number of nitrogens with one attached hydrogen (secondary N) is 1. The lowest BCUT2D eigenvalue weighted by molar-refractivity contribution is 0.157. The van der Waals surface area contributed by atoms with Gasteiger partial charge in [0.25, 0.3) is 0 Å². The monoisotopic (exact) mass is 203 g/mol. The van der Waals surface area contributed by atoms with Gasteiger partial charge in [0, 0.05) is 6.04 Å². The fourth-order valence-electron chi connectivity index (χ4n) is 2.45. The van der Waals surface area contributed by atoms with E-state index in [4.69, 9.17) is 5.73 Å². The van der Waals surface area contributed by atoms with Crippen LogP contribution in [0.2, 0.25) is 0 Å². The van der Waals surface area contributed by atoms with Crippen molar-refractivity contribution in [1.82, 2.24) is 10.6 Å². The Kier molecular flexibility index (Phi) is 3.27. The zero-order chi connectivity index (χ0) is 10.7. The van der Waals surface area contributed by atoms with Gasteiger partial charge < -0.3 is 5.73 Å². The minimum absolute atomic E-state index is 0.587. The van der Waals surface area contributed by atoms with Gasteiger partial charge in [-0.2, -0.15) is 0 Å². The van der Waals surface area contributed by atoms with Crippen LogP contribution in [0.1, 0.15) is 37.8 Å². The third-order valence-electron chi connectivity index (χ3n) is 3.32. The number of rotatable bonds is 2. The van der Waals surface area contributed by atoms with E-state index >= 15 is 0 Å². The molecule has 0 amide bonds. The maximum atomic E-state index is 7.49. The molecule has 1 saturated heterocycles. The lowest BCUT2D eigenvalue weighted by Crippen LogP contribution is -2.33. The third-order valence-corrected chi connectivity index (χ3v) is 3.32. The van der Waals surface area contributed by atoms with Crippen molar-refractivity contribution in [3.63, 3.8) is 0 Å². The molecule has 1 aromatic rings. The van der Waals surface area contributed by atoms with Gasteiger partial charge in [-0.05, 0) is 43.6 Å². The van der Waals surface area contributed by atoms with Gasteiger partial charge in [0.15, 0.2) is 0 Å². The summed E-state index contributed by atoms with van der Waals surface area (Å²) in [4.78, 5) is 2.54. The van der Waals surface area contributed by atoms with E-state index in [2.05, 4.69) is 24.0 Å². The fraction of sp³-hybridized carbons (Fsp3) is 0.538. The molecular weight excluding hydrogens is 184 g/mol. The molecule has 0 saturated carbocycles. The summed E-state index contributed by atoms with van der Waals surface area (Å²) in [5, 5.41) is 0. The van der Waals surface area contributed by atoms with E-state index in [0.717, 1.165) is 6.54 Å². The number of hydrogen-bond donors (Lipinski definition) is 0. The van der Waals surface area contributed by atoms with E-state index in [1.54, 1.807) is 0 Å². The molecule has 1 aromatic carbocycles. The summed E-state index contributed by atoms with van der Waals surface area (Å²) in [7, 11) is 0. The van der Waals surface area contributed by atoms with Crippen LogP contribution >= 0.6 is 0 Å². The quantitative estimate of drug-likeness (QED) is 0.725. The summed E-state index contributed by atoms with van der Waals surface area (Å²) < 4.78 is 0. The largest absolute Gasteiger partial charge is 0.301 e. The minimum atomic E-state index is 0.587. The van der Waals surface area contributed by atoms with Crippen molar-refractivity contribution in [2.75, 3.05) is 13.1 Å². The lowest BCUT2D eigenvalue weighted by atomic mass is 9.95. The van der Waals surface area contributed by atoms with Crippen LogP contribution in [0.15, 0.2) is 24.3 Å². The normalized spacial score (nSPS) is 22.9. The Bertz CT molecular complexity index is 305. The maximum Gasteiger partial charge on any atom is 0.0540 e. The van der Waals surface area contributed by atoms with Gasteiger partial charge in [-0.25, -0.2) is 0 Å². The minimum Gasteiger partial charge on any atom is -0.301 e. The summed E-state index contributed by atoms with van der Waals surface area (Å²) in [5.74, 6) is 0. The van der Waals surface area contributed by atoms with E-state index < -0.39 is 0 Å². The summed E-state index contributed by atoms with van der Waals surface area (Å²) in [5.41, 5.74) is 9.48. The molecule has 1 unspecified atom stereocenters. The predicted molar refractivity (Wildman–Crippen MR) is 63.0 cm³/mol. The molecule has 0 aliphatic carbocycles. The summed E-state index contributed by atoms with van der Waals surface area (Å²) in [6, 6.07) is 8.61. The second-order valence-corrected chi connectivity index (χ2v) is 4.26. The van der Waals surface area contributed by atoms with Gasteiger partial charge in [0.1, 0.15) is 0 Å². The molecular formula is C13H19N2. The van der Waals surface area contributed by atoms with Gasteiger partial charge >= 0.3 is 0 Å². The number of likely N-dealkylation sites (tertiary alicyclic amines) is 1. The molecule has 1 radical (unpaired) electrons. The van der Waals surface area contributed by atoms with Crippen molar-refractivity contribution in [3.05, 3.63) is 29.8 Å². The molecule has 2 heteroatoms. The van der Waals surface area contributed by atoms with Gasteiger partial charge in [-0.15, -0.1) is 0 Å². The topological polar surface area (TPSA) is 27.0 Å². The van der Waals surface area contributed by atoms with Crippen LogP contribution in [0.25, 0.3) is 0 Å². The van der Waals surface area contributed by atoms with Crippen LogP contribution in [0.4, 0.5) is 5.69 Å². The zero-order valence-electron chi connectivity index (χ0n) is 9.37. The standard InChI is InChI=1S/C13H19N2/c1-2-15-10-4-3-5-13(15)11-6-8-12(14)9-7-11/h6-9,13-14H,2-5,10H2,1H3. The SMILES string of the molecule is CCN1CCCCC1c1ccc([NH])cc1. The highest BCUT2D eigenvalue weighted by Crippen LogP contribution is 2.30. The van der Waals surface area contributed by atoms with Crippen molar-refractivity contribution in [1.29, 1.82) is 0 Å². The predicted octanol–water partition coefficient (Wildman–Crippen LogP) is 3.15. The average molecular weight is 203 g/mol. The average Bonchev–Trinajstić information content (AvgIpc) is 2.30. The first-order chi connectivity index (χ1) is 7.31. The highest BCUT2D eigenvalue weighted by Gasteiger charge is 2.21. The summed E-state index contributed by atoms with van der Waals surface area (Å²) in [6.45, 7) is 4.59. The van der Waals surface area contributed by atoms with E-state index in [9.17, 15) is 0 Å². The van der Waals surface area contributed by atoms with Crippen LogP contribution < -0.4 is 5.73 Å². The van der Waals surface area contributed by atoms with Crippen molar-refractivity contribution in [2.24, 2.45) is 0 Å². The Balaban J connectivity index is 2.16. The summed E-state index contributed by atoms with van der Waals surface area (Å²) in [6.07, 6.45) is 3.94. The highest BCUT2D eigenvalue weighted by atomic mass is 15.2. The Morgan fingerprint density at radius 3 is 2.67 bits per heavy atom. The van der Waals surface area contributed by atoms with Gasteiger partial charge in [0.05, 0.1) is 5.69 Å². The maximum absolute atomic E-state index is 7.49. The van der Waals surface area contributed by atoms with Crippen molar-refractivity contribution < 1.29 is 0 Å². The van der Waals surface area contributed by atoms with Crippen molar-refractivity contribution >= 4 is 5.69 Å². The first-order valence-corrected chi connectivity index (χ1v) is 5.87.